The van der Waals surface area contributed by atoms with Gasteiger partial charge in [-0.15, -0.1) is 0 Å². The Bertz CT molecular complexity index is 376. The number of carbonyl (C=O) groups is 1. The fraction of sp³-hybridized carbons (Fsp3) is 0.933. The van der Waals surface area contributed by atoms with Crippen LogP contribution in [0, 0.1) is 0 Å². The summed E-state index contributed by atoms with van der Waals surface area (Å²) in [5.74, 6) is -0.194. The van der Waals surface area contributed by atoms with E-state index in [0.717, 1.165) is 32.4 Å². The molecule has 4 unspecified atom stereocenters. The van der Waals surface area contributed by atoms with Crippen molar-refractivity contribution in [2.75, 3.05) is 20.2 Å². The minimum Gasteiger partial charge on any atom is -0.375 e. The number of fused-ring (bicyclic) bond motifs is 1. The molecule has 5 heteroatoms. The number of morpholine rings is 1. The van der Waals surface area contributed by atoms with Crippen LogP contribution in [0.3, 0.4) is 0 Å². The molecule has 0 radical (unpaired) electrons. The molecule has 5 nitrogen and oxygen atoms in total. The van der Waals surface area contributed by atoms with Crippen LogP contribution < -0.4 is 11.1 Å². The molecule has 2 aliphatic carbocycles. The molecule has 0 aromatic heterocycles. The maximum atomic E-state index is 11.9. The standard InChI is InChI=1S/C15H27N3O2/c1-17-15(14(16)19)7-3-4-11(10-15)18-8-9-20-13-6-2-5-12(13)18/h11-13,17H,2-10H2,1H3,(H2,16,19). The molecule has 0 aromatic carbocycles. The van der Waals surface area contributed by atoms with Crippen LogP contribution in [0.2, 0.25) is 0 Å². The Hall–Kier alpha value is -0.650. The van der Waals surface area contributed by atoms with Crippen LogP contribution in [0.4, 0.5) is 0 Å². The number of nitrogens with two attached hydrogens (primary N) is 1. The number of ether oxygens (including phenoxy) is 1. The van der Waals surface area contributed by atoms with Crippen LogP contribution in [-0.4, -0.2) is 54.7 Å². The zero-order valence-electron chi connectivity index (χ0n) is 12.4. The average molecular weight is 281 g/mol. The van der Waals surface area contributed by atoms with Crippen molar-refractivity contribution in [2.45, 2.75) is 68.7 Å². The second-order valence-electron chi connectivity index (χ2n) is 6.59. The van der Waals surface area contributed by atoms with E-state index in [4.69, 9.17) is 10.5 Å². The fourth-order valence-corrected chi connectivity index (χ4v) is 4.51. The van der Waals surface area contributed by atoms with E-state index in [1.54, 1.807) is 0 Å². The lowest BCUT2D eigenvalue weighted by atomic mass is 9.77. The number of nitrogens with one attached hydrogen (secondary N) is 1. The van der Waals surface area contributed by atoms with Crippen molar-refractivity contribution in [3.63, 3.8) is 0 Å². The minimum atomic E-state index is -0.505. The first-order chi connectivity index (χ1) is 9.66. The van der Waals surface area contributed by atoms with E-state index in [1.807, 2.05) is 7.05 Å². The van der Waals surface area contributed by atoms with Crippen molar-refractivity contribution >= 4 is 5.91 Å². The van der Waals surface area contributed by atoms with Crippen LogP contribution in [0.25, 0.3) is 0 Å². The Labute approximate surface area is 121 Å². The van der Waals surface area contributed by atoms with Gasteiger partial charge in [0.25, 0.3) is 0 Å². The van der Waals surface area contributed by atoms with Crippen LogP contribution in [-0.2, 0) is 9.53 Å². The molecule has 2 saturated carbocycles. The third-order valence-electron chi connectivity index (χ3n) is 5.67. The summed E-state index contributed by atoms with van der Waals surface area (Å²) in [5, 5.41) is 3.21. The van der Waals surface area contributed by atoms with Gasteiger partial charge >= 0.3 is 0 Å². The first kappa shape index (κ1) is 14.3. The highest BCUT2D eigenvalue weighted by Crippen LogP contribution is 2.37. The highest BCUT2D eigenvalue weighted by Gasteiger charge is 2.45. The number of amides is 1. The maximum absolute atomic E-state index is 11.9. The molecule has 1 heterocycles. The topological polar surface area (TPSA) is 67.6 Å². The third kappa shape index (κ3) is 2.36. The van der Waals surface area contributed by atoms with E-state index < -0.39 is 5.54 Å². The lowest BCUT2D eigenvalue weighted by molar-refractivity contribution is -0.128. The first-order valence-electron chi connectivity index (χ1n) is 8.02. The second kappa shape index (κ2) is 5.62. The summed E-state index contributed by atoms with van der Waals surface area (Å²) >= 11 is 0. The van der Waals surface area contributed by atoms with E-state index in [-0.39, 0.29) is 5.91 Å². The van der Waals surface area contributed by atoms with Crippen LogP contribution in [0.5, 0.6) is 0 Å². The van der Waals surface area contributed by atoms with Gasteiger partial charge < -0.3 is 15.8 Å². The molecular weight excluding hydrogens is 254 g/mol. The van der Waals surface area contributed by atoms with Crippen molar-refractivity contribution < 1.29 is 9.53 Å². The van der Waals surface area contributed by atoms with Gasteiger partial charge in [-0.05, 0) is 52.0 Å². The number of carbonyl (C=O) groups excluding carboxylic acids is 1. The fourth-order valence-electron chi connectivity index (χ4n) is 4.51. The van der Waals surface area contributed by atoms with Gasteiger partial charge in [-0.25, -0.2) is 0 Å². The number of hydrogen-bond acceptors (Lipinski definition) is 4. The molecule has 0 aromatic rings. The summed E-state index contributed by atoms with van der Waals surface area (Å²) in [6, 6.07) is 1.03. The molecule has 20 heavy (non-hydrogen) atoms. The largest absolute Gasteiger partial charge is 0.375 e. The molecule has 3 fully saturated rings. The zero-order valence-corrected chi connectivity index (χ0v) is 12.4. The van der Waals surface area contributed by atoms with Crippen molar-refractivity contribution in [1.82, 2.24) is 10.2 Å². The van der Waals surface area contributed by atoms with Gasteiger partial charge in [-0.1, -0.05) is 0 Å². The summed E-state index contributed by atoms with van der Waals surface area (Å²) in [5.41, 5.74) is 5.16. The summed E-state index contributed by atoms with van der Waals surface area (Å²) in [6.07, 6.45) is 8.10. The number of likely N-dealkylation sites (N-methyl/N-ethyl adjacent to an activating group) is 1. The Kier molecular flexibility index (Phi) is 4.02. The van der Waals surface area contributed by atoms with Crippen molar-refractivity contribution in [3.8, 4) is 0 Å². The van der Waals surface area contributed by atoms with Gasteiger partial charge in [0, 0.05) is 18.6 Å². The van der Waals surface area contributed by atoms with E-state index in [9.17, 15) is 4.79 Å². The van der Waals surface area contributed by atoms with E-state index >= 15 is 0 Å². The average Bonchev–Trinajstić information content (AvgIpc) is 2.95. The lowest BCUT2D eigenvalue weighted by Gasteiger charge is -2.48. The highest BCUT2D eigenvalue weighted by molar-refractivity contribution is 5.84. The van der Waals surface area contributed by atoms with Crippen LogP contribution in [0.1, 0.15) is 44.9 Å². The molecule has 114 valence electrons. The SMILES string of the molecule is CNC1(C(N)=O)CCCC(N2CCOC3CCCC32)C1. The van der Waals surface area contributed by atoms with Gasteiger partial charge in [-0.3, -0.25) is 9.69 Å². The summed E-state index contributed by atoms with van der Waals surface area (Å²) in [6.45, 7) is 1.84. The summed E-state index contributed by atoms with van der Waals surface area (Å²) in [7, 11) is 1.87. The zero-order chi connectivity index (χ0) is 14.2. The van der Waals surface area contributed by atoms with Gasteiger partial charge in [0.15, 0.2) is 0 Å². The first-order valence-corrected chi connectivity index (χ1v) is 8.02. The molecule has 3 N–H and O–H groups in total. The molecule has 0 bridgehead atoms. The predicted octanol–water partition coefficient (Wildman–Crippen LogP) is 0.626. The number of primary amides is 1. The molecule has 1 amide bonds. The number of hydrogen-bond donors (Lipinski definition) is 2. The normalized spacial score (nSPS) is 42.4. The van der Waals surface area contributed by atoms with Gasteiger partial charge in [0.2, 0.25) is 5.91 Å². The Morgan fingerprint density at radius 2 is 2.20 bits per heavy atom. The lowest BCUT2D eigenvalue weighted by Crippen LogP contribution is -2.62. The predicted molar refractivity (Wildman–Crippen MR) is 77.3 cm³/mol. The second-order valence-corrected chi connectivity index (χ2v) is 6.59. The monoisotopic (exact) mass is 281 g/mol. The van der Waals surface area contributed by atoms with Crippen molar-refractivity contribution in [2.24, 2.45) is 5.73 Å². The molecule has 0 spiro atoms. The Morgan fingerprint density at radius 3 is 2.95 bits per heavy atom. The van der Waals surface area contributed by atoms with E-state index in [1.165, 1.54) is 25.7 Å². The van der Waals surface area contributed by atoms with Gasteiger partial charge in [0.05, 0.1) is 18.2 Å². The smallest absolute Gasteiger partial charge is 0.237 e. The molecule has 1 aliphatic heterocycles. The third-order valence-corrected chi connectivity index (χ3v) is 5.67. The maximum Gasteiger partial charge on any atom is 0.237 e. The van der Waals surface area contributed by atoms with Crippen molar-refractivity contribution in [1.29, 1.82) is 0 Å². The minimum absolute atomic E-state index is 0.194. The summed E-state index contributed by atoms with van der Waals surface area (Å²) < 4.78 is 5.90. The quantitative estimate of drug-likeness (QED) is 0.796. The molecule has 3 rings (SSSR count). The molecular formula is C15H27N3O2. The van der Waals surface area contributed by atoms with Crippen LogP contribution in [0.15, 0.2) is 0 Å². The van der Waals surface area contributed by atoms with E-state index in [2.05, 4.69) is 10.2 Å². The highest BCUT2D eigenvalue weighted by atomic mass is 16.5. The van der Waals surface area contributed by atoms with Gasteiger partial charge in [0.1, 0.15) is 0 Å². The van der Waals surface area contributed by atoms with Crippen molar-refractivity contribution in [3.05, 3.63) is 0 Å². The summed E-state index contributed by atoms with van der Waals surface area (Å²) in [4.78, 5) is 14.5. The van der Waals surface area contributed by atoms with Gasteiger partial charge in [-0.2, -0.15) is 0 Å². The van der Waals surface area contributed by atoms with E-state index in [0.29, 0.717) is 18.2 Å². The molecule has 3 aliphatic rings. The molecule has 1 saturated heterocycles. The number of nitrogens with zero attached hydrogens (tertiary/aromatic N) is 1. The Morgan fingerprint density at radius 1 is 1.35 bits per heavy atom. The van der Waals surface area contributed by atoms with Crippen LogP contribution >= 0.6 is 0 Å². The molecule has 4 atom stereocenters. The number of rotatable bonds is 3. The Balaban J connectivity index is 1.74.